The Morgan fingerprint density at radius 2 is 1.93 bits per heavy atom. The van der Waals surface area contributed by atoms with Crippen LogP contribution in [0, 0.1) is 19.8 Å². The number of aromatic nitrogens is 2. The maximum atomic E-state index is 13.4. The molecule has 1 aromatic carbocycles. The zero-order valence-corrected chi connectivity index (χ0v) is 23.9. The van der Waals surface area contributed by atoms with E-state index in [0.29, 0.717) is 46.3 Å². The Labute approximate surface area is 238 Å². The summed E-state index contributed by atoms with van der Waals surface area (Å²) in [4.78, 5) is 46.3. The SMILES string of the molecule is Cc1noc(C)c1NC(=O)N(C)C[C@@H]1Oc2ccc(NC(=O)c3ccncc3)cc2CC(=O)N([C@@H](C)CO)C[C@@H]1C. The lowest BCUT2D eigenvalue weighted by Crippen LogP contribution is -2.48. The predicted molar refractivity (Wildman–Crippen MR) is 152 cm³/mol. The quantitative estimate of drug-likeness (QED) is 0.396. The van der Waals surface area contributed by atoms with Gasteiger partial charge in [0.15, 0.2) is 5.76 Å². The number of fused-ring (bicyclic) bond motifs is 1. The Morgan fingerprint density at radius 3 is 2.59 bits per heavy atom. The number of pyridine rings is 1. The second kappa shape index (κ2) is 12.8. The maximum Gasteiger partial charge on any atom is 0.321 e. The number of anilines is 2. The van der Waals surface area contributed by atoms with Crippen LogP contribution in [-0.2, 0) is 11.2 Å². The number of nitrogens with zero attached hydrogens (tertiary/aromatic N) is 4. The monoisotopic (exact) mass is 564 g/mol. The van der Waals surface area contributed by atoms with E-state index in [1.807, 2.05) is 6.92 Å². The molecule has 12 nitrogen and oxygen atoms in total. The van der Waals surface area contributed by atoms with Crippen molar-refractivity contribution < 1.29 is 28.8 Å². The van der Waals surface area contributed by atoms with E-state index < -0.39 is 12.1 Å². The van der Waals surface area contributed by atoms with Crippen LogP contribution in [0.4, 0.5) is 16.2 Å². The van der Waals surface area contributed by atoms with Gasteiger partial charge < -0.3 is 34.8 Å². The molecule has 0 radical (unpaired) electrons. The number of aliphatic hydroxyl groups excluding tert-OH is 1. The first-order valence-corrected chi connectivity index (χ1v) is 13.4. The molecule has 1 aliphatic heterocycles. The van der Waals surface area contributed by atoms with Crippen LogP contribution in [0.25, 0.3) is 0 Å². The van der Waals surface area contributed by atoms with Crippen LogP contribution in [0.3, 0.4) is 0 Å². The number of aliphatic hydroxyl groups is 1. The van der Waals surface area contributed by atoms with E-state index in [0.717, 1.165) is 0 Å². The van der Waals surface area contributed by atoms with E-state index >= 15 is 0 Å². The molecule has 0 fully saturated rings. The van der Waals surface area contributed by atoms with Crippen molar-refractivity contribution in [3.05, 3.63) is 65.3 Å². The minimum atomic E-state index is -0.495. The average molecular weight is 565 g/mol. The van der Waals surface area contributed by atoms with Gasteiger partial charge in [0.2, 0.25) is 5.91 Å². The molecule has 0 saturated carbocycles. The van der Waals surface area contributed by atoms with Crippen LogP contribution >= 0.6 is 0 Å². The van der Waals surface area contributed by atoms with Crippen molar-refractivity contribution in [2.24, 2.45) is 5.92 Å². The van der Waals surface area contributed by atoms with Gasteiger partial charge >= 0.3 is 6.03 Å². The minimum Gasteiger partial charge on any atom is -0.488 e. The number of urea groups is 1. The summed E-state index contributed by atoms with van der Waals surface area (Å²) in [7, 11) is 1.66. The lowest BCUT2D eigenvalue weighted by Gasteiger charge is -2.34. The number of ether oxygens (including phenoxy) is 1. The normalized spacial score (nSPS) is 17.8. The van der Waals surface area contributed by atoms with E-state index in [4.69, 9.17) is 9.26 Å². The number of carbonyl (C=O) groups is 3. The zero-order valence-electron chi connectivity index (χ0n) is 23.9. The fraction of sp³-hybridized carbons (Fsp3) is 0.414. The van der Waals surface area contributed by atoms with Crippen LogP contribution in [0.1, 0.15) is 41.2 Å². The van der Waals surface area contributed by atoms with E-state index in [2.05, 4.69) is 20.8 Å². The Hall–Kier alpha value is -4.45. The van der Waals surface area contributed by atoms with Crippen molar-refractivity contribution in [1.82, 2.24) is 19.9 Å². The molecular formula is C29H36N6O6. The highest BCUT2D eigenvalue weighted by Crippen LogP contribution is 2.29. The Bertz CT molecular complexity index is 1370. The predicted octanol–water partition coefficient (Wildman–Crippen LogP) is 3.25. The second-order valence-electron chi connectivity index (χ2n) is 10.4. The van der Waals surface area contributed by atoms with Gasteiger partial charge in [-0.15, -0.1) is 0 Å². The largest absolute Gasteiger partial charge is 0.488 e. The van der Waals surface area contributed by atoms with Crippen molar-refractivity contribution >= 4 is 29.2 Å². The van der Waals surface area contributed by atoms with Gasteiger partial charge in [0.25, 0.3) is 5.91 Å². The van der Waals surface area contributed by atoms with E-state index in [9.17, 15) is 19.5 Å². The molecule has 218 valence electrons. The smallest absolute Gasteiger partial charge is 0.321 e. The first kappa shape index (κ1) is 29.5. The molecule has 4 amide bonds. The number of amides is 4. The topological polar surface area (TPSA) is 150 Å². The third-order valence-corrected chi connectivity index (χ3v) is 7.18. The van der Waals surface area contributed by atoms with Crippen LogP contribution in [0.15, 0.2) is 47.2 Å². The van der Waals surface area contributed by atoms with Crippen molar-refractivity contribution in [2.45, 2.75) is 46.3 Å². The third-order valence-electron chi connectivity index (χ3n) is 7.18. The molecule has 3 N–H and O–H groups in total. The summed E-state index contributed by atoms with van der Waals surface area (Å²) in [6.45, 7) is 7.54. The van der Waals surface area contributed by atoms with Gasteiger partial charge in [0.05, 0.1) is 25.6 Å². The van der Waals surface area contributed by atoms with Crippen molar-refractivity contribution in [3.8, 4) is 5.75 Å². The van der Waals surface area contributed by atoms with Gasteiger partial charge in [-0.25, -0.2) is 4.79 Å². The van der Waals surface area contributed by atoms with E-state index in [1.165, 1.54) is 17.3 Å². The summed E-state index contributed by atoms with van der Waals surface area (Å²) < 4.78 is 11.6. The van der Waals surface area contributed by atoms with Crippen LogP contribution in [0.5, 0.6) is 5.75 Å². The molecule has 3 heterocycles. The number of likely N-dealkylation sites (N-methyl/N-ethyl adjacent to an activating group) is 1. The Kier molecular flexibility index (Phi) is 9.23. The number of rotatable bonds is 7. The number of aryl methyl sites for hydroxylation is 2. The molecule has 41 heavy (non-hydrogen) atoms. The number of hydrogen-bond acceptors (Lipinski definition) is 8. The molecule has 0 aliphatic carbocycles. The van der Waals surface area contributed by atoms with E-state index in [-0.39, 0.29) is 43.3 Å². The Morgan fingerprint density at radius 1 is 1.20 bits per heavy atom. The van der Waals surface area contributed by atoms with Gasteiger partial charge in [0.1, 0.15) is 23.2 Å². The molecule has 3 aromatic rings. The molecule has 1 aliphatic rings. The van der Waals surface area contributed by atoms with Crippen LogP contribution < -0.4 is 15.4 Å². The second-order valence-corrected chi connectivity index (χ2v) is 10.4. The highest BCUT2D eigenvalue weighted by molar-refractivity contribution is 6.04. The van der Waals surface area contributed by atoms with Crippen LogP contribution in [0.2, 0.25) is 0 Å². The molecule has 0 spiro atoms. The van der Waals surface area contributed by atoms with Gasteiger partial charge in [0, 0.05) is 48.7 Å². The van der Waals surface area contributed by atoms with Gasteiger partial charge in [-0.05, 0) is 51.1 Å². The molecule has 0 bridgehead atoms. The molecule has 4 rings (SSSR count). The van der Waals surface area contributed by atoms with Gasteiger partial charge in [-0.3, -0.25) is 14.6 Å². The molecular weight excluding hydrogens is 528 g/mol. The first-order valence-electron chi connectivity index (χ1n) is 13.4. The number of benzene rings is 1. The first-order chi connectivity index (χ1) is 19.6. The summed E-state index contributed by atoms with van der Waals surface area (Å²) in [5.74, 6) is 0.306. The summed E-state index contributed by atoms with van der Waals surface area (Å²) in [5.41, 5.74) is 2.63. The van der Waals surface area contributed by atoms with E-state index in [1.54, 1.807) is 63.1 Å². The number of carbonyl (C=O) groups excluding carboxylic acids is 3. The average Bonchev–Trinajstić information content (AvgIpc) is 3.29. The van der Waals surface area contributed by atoms with Crippen molar-refractivity contribution in [3.63, 3.8) is 0 Å². The third kappa shape index (κ3) is 7.01. The highest BCUT2D eigenvalue weighted by Gasteiger charge is 2.32. The molecule has 0 unspecified atom stereocenters. The summed E-state index contributed by atoms with van der Waals surface area (Å²) in [5, 5.41) is 19.4. The summed E-state index contributed by atoms with van der Waals surface area (Å²) in [6, 6.07) is 7.60. The molecule has 0 saturated heterocycles. The molecule has 2 aromatic heterocycles. The highest BCUT2D eigenvalue weighted by atomic mass is 16.5. The lowest BCUT2D eigenvalue weighted by atomic mass is 10.0. The van der Waals surface area contributed by atoms with Gasteiger partial charge in [-0.2, -0.15) is 0 Å². The number of nitrogens with one attached hydrogen (secondary N) is 2. The fourth-order valence-electron chi connectivity index (χ4n) is 4.65. The number of hydrogen-bond donors (Lipinski definition) is 3. The zero-order chi connectivity index (χ0) is 29.7. The minimum absolute atomic E-state index is 0.0143. The lowest BCUT2D eigenvalue weighted by molar-refractivity contribution is -0.134. The Balaban J connectivity index is 1.60. The standard InChI is InChI=1S/C29H36N6O6/c1-17-14-35(18(2)16-36)26(37)13-22-12-23(31-28(38)21-8-10-30-11-9-21)6-7-24(22)40-25(17)15-34(5)29(39)32-27-19(3)33-41-20(27)4/h6-12,17-18,25,36H,13-16H2,1-5H3,(H,31,38)(H,32,39)/t17-,18-,25-/m0/s1. The van der Waals surface area contributed by atoms with Gasteiger partial charge in [-0.1, -0.05) is 12.1 Å². The molecule has 3 atom stereocenters. The van der Waals surface area contributed by atoms with Crippen LogP contribution in [-0.4, -0.2) is 81.8 Å². The summed E-state index contributed by atoms with van der Waals surface area (Å²) >= 11 is 0. The maximum absolute atomic E-state index is 13.4. The summed E-state index contributed by atoms with van der Waals surface area (Å²) in [6.07, 6.45) is 2.59. The molecule has 12 heteroatoms. The fourth-order valence-corrected chi connectivity index (χ4v) is 4.65. The van der Waals surface area contributed by atoms with Crippen molar-refractivity contribution in [2.75, 3.05) is 37.4 Å². The van der Waals surface area contributed by atoms with Crippen molar-refractivity contribution in [1.29, 1.82) is 0 Å².